The molecule has 1 saturated carbocycles. The van der Waals surface area contributed by atoms with Crippen molar-refractivity contribution in [2.24, 2.45) is 5.73 Å². The Kier molecular flexibility index (Phi) is 4.19. The summed E-state index contributed by atoms with van der Waals surface area (Å²) < 4.78 is 5.72. The Morgan fingerprint density at radius 2 is 1.88 bits per heavy atom. The molecule has 0 saturated heterocycles. The second-order valence-corrected chi connectivity index (χ2v) is 5.11. The van der Waals surface area contributed by atoms with Crippen LogP contribution in [0.2, 0.25) is 0 Å². The predicted octanol–water partition coefficient (Wildman–Crippen LogP) is 2.91. The molecule has 2 nitrogen and oxygen atoms in total. The lowest BCUT2D eigenvalue weighted by molar-refractivity contribution is -0.0273. The molecule has 1 aliphatic rings. The Balaban J connectivity index is 1.90. The molecular weight excluding hydrogens is 210 g/mol. The molecular formula is C15H23NO. The summed E-state index contributed by atoms with van der Waals surface area (Å²) in [6.45, 7) is 0. The lowest BCUT2D eigenvalue weighted by Gasteiger charge is -2.34. The first-order chi connectivity index (χ1) is 8.27. The molecule has 0 spiro atoms. The normalized spacial score (nSPS) is 20.4. The third kappa shape index (κ3) is 2.88. The summed E-state index contributed by atoms with van der Waals surface area (Å²) >= 11 is 0. The van der Waals surface area contributed by atoms with Crippen molar-refractivity contribution in [3.63, 3.8) is 0 Å². The molecule has 94 valence electrons. The van der Waals surface area contributed by atoms with Crippen LogP contribution in [0.25, 0.3) is 0 Å². The molecule has 0 radical (unpaired) electrons. The maximum atomic E-state index is 6.35. The number of aryl methyl sites for hydroxylation is 1. The average Bonchev–Trinajstić information content (AvgIpc) is 2.87. The minimum atomic E-state index is -0.0468. The molecule has 0 aliphatic heterocycles. The van der Waals surface area contributed by atoms with Gasteiger partial charge in [0, 0.05) is 13.2 Å². The standard InChI is InChI=1S/C15H23NO/c1-17-15(11-5-6-12-15)14(16)10-9-13-7-3-2-4-8-13/h2-4,7-8,14H,5-6,9-12,16H2,1H3. The van der Waals surface area contributed by atoms with Crippen molar-refractivity contribution in [1.29, 1.82) is 0 Å². The van der Waals surface area contributed by atoms with Crippen molar-refractivity contribution >= 4 is 0 Å². The van der Waals surface area contributed by atoms with Crippen LogP contribution in [-0.4, -0.2) is 18.8 Å². The van der Waals surface area contributed by atoms with Gasteiger partial charge in [0.2, 0.25) is 0 Å². The Hall–Kier alpha value is -0.860. The monoisotopic (exact) mass is 233 g/mol. The lowest BCUT2D eigenvalue weighted by Crippen LogP contribution is -2.47. The molecule has 2 heteroatoms. The molecule has 0 amide bonds. The number of ether oxygens (including phenoxy) is 1. The second kappa shape index (κ2) is 5.65. The molecule has 0 aromatic heterocycles. The highest BCUT2D eigenvalue weighted by Gasteiger charge is 2.39. The predicted molar refractivity (Wildman–Crippen MR) is 70.9 cm³/mol. The maximum Gasteiger partial charge on any atom is 0.0828 e. The van der Waals surface area contributed by atoms with Gasteiger partial charge in [-0.25, -0.2) is 0 Å². The zero-order chi connectivity index (χ0) is 12.1. The third-order valence-corrected chi connectivity index (χ3v) is 4.12. The summed E-state index contributed by atoms with van der Waals surface area (Å²) in [6, 6.07) is 10.7. The van der Waals surface area contributed by atoms with Gasteiger partial charge in [0.25, 0.3) is 0 Å². The first-order valence-electron chi connectivity index (χ1n) is 6.61. The largest absolute Gasteiger partial charge is 0.377 e. The molecule has 1 atom stereocenters. The minimum absolute atomic E-state index is 0.0468. The fraction of sp³-hybridized carbons (Fsp3) is 0.600. The lowest BCUT2D eigenvalue weighted by atomic mass is 9.88. The molecule has 0 bridgehead atoms. The van der Waals surface area contributed by atoms with E-state index in [4.69, 9.17) is 10.5 Å². The van der Waals surface area contributed by atoms with E-state index in [9.17, 15) is 0 Å². The van der Waals surface area contributed by atoms with Gasteiger partial charge in [0.15, 0.2) is 0 Å². The van der Waals surface area contributed by atoms with E-state index < -0.39 is 0 Å². The molecule has 1 fully saturated rings. The van der Waals surface area contributed by atoms with Crippen LogP contribution in [0.15, 0.2) is 30.3 Å². The Bertz CT molecular complexity index is 330. The highest BCUT2D eigenvalue weighted by atomic mass is 16.5. The molecule has 1 aromatic rings. The summed E-state index contributed by atoms with van der Waals surface area (Å²) in [4.78, 5) is 0. The maximum absolute atomic E-state index is 6.35. The summed E-state index contributed by atoms with van der Waals surface area (Å²) in [6.07, 6.45) is 6.82. The number of methoxy groups -OCH3 is 1. The zero-order valence-corrected chi connectivity index (χ0v) is 10.7. The van der Waals surface area contributed by atoms with E-state index in [0.29, 0.717) is 0 Å². The summed E-state index contributed by atoms with van der Waals surface area (Å²) in [5, 5.41) is 0. The van der Waals surface area contributed by atoms with Crippen LogP contribution in [0.3, 0.4) is 0 Å². The van der Waals surface area contributed by atoms with E-state index in [0.717, 1.165) is 25.7 Å². The molecule has 1 unspecified atom stereocenters. The highest BCUT2D eigenvalue weighted by molar-refractivity contribution is 5.15. The first kappa shape index (κ1) is 12.6. The summed E-state index contributed by atoms with van der Waals surface area (Å²) in [5.41, 5.74) is 7.67. The van der Waals surface area contributed by atoms with Crippen LogP contribution in [0, 0.1) is 0 Å². The smallest absolute Gasteiger partial charge is 0.0828 e. The molecule has 17 heavy (non-hydrogen) atoms. The van der Waals surface area contributed by atoms with Crippen LogP contribution in [0.5, 0.6) is 0 Å². The summed E-state index contributed by atoms with van der Waals surface area (Å²) in [5.74, 6) is 0. The highest BCUT2D eigenvalue weighted by Crippen LogP contribution is 2.36. The van der Waals surface area contributed by atoms with Crippen LogP contribution in [0.1, 0.15) is 37.7 Å². The molecule has 1 aliphatic carbocycles. The van der Waals surface area contributed by atoms with Gasteiger partial charge in [-0.2, -0.15) is 0 Å². The van der Waals surface area contributed by atoms with E-state index in [1.807, 2.05) is 7.11 Å². The average molecular weight is 233 g/mol. The summed E-state index contributed by atoms with van der Waals surface area (Å²) in [7, 11) is 1.81. The van der Waals surface area contributed by atoms with Gasteiger partial charge < -0.3 is 10.5 Å². The second-order valence-electron chi connectivity index (χ2n) is 5.11. The van der Waals surface area contributed by atoms with Crippen molar-refractivity contribution in [2.45, 2.75) is 50.2 Å². The fourth-order valence-corrected chi connectivity index (χ4v) is 2.93. The van der Waals surface area contributed by atoms with E-state index in [2.05, 4.69) is 30.3 Å². The fourth-order valence-electron chi connectivity index (χ4n) is 2.93. The van der Waals surface area contributed by atoms with E-state index in [1.165, 1.54) is 18.4 Å². The van der Waals surface area contributed by atoms with Crippen molar-refractivity contribution in [2.75, 3.05) is 7.11 Å². The SMILES string of the molecule is COC1(C(N)CCc2ccccc2)CCCC1. The Morgan fingerprint density at radius 3 is 2.47 bits per heavy atom. The van der Waals surface area contributed by atoms with Gasteiger partial charge in [-0.05, 0) is 31.2 Å². The minimum Gasteiger partial charge on any atom is -0.377 e. The quantitative estimate of drug-likeness (QED) is 0.848. The van der Waals surface area contributed by atoms with Crippen molar-refractivity contribution in [3.8, 4) is 0 Å². The topological polar surface area (TPSA) is 35.2 Å². The molecule has 2 N–H and O–H groups in total. The molecule has 2 rings (SSSR count). The van der Waals surface area contributed by atoms with Crippen LogP contribution >= 0.6 is 0 Å². The van der Waals surface area contributed by atoms with E-state index in [-0.39, 0.29) is 11.6 Å². The number of hydrogen-bond acceptors (Lipinski definition) is 2. The van der Waals surface area contributed by atoms with Crippen LogP contribution in [0.4, 0.5) is 0 Å². The van der Waals surface area contributed by atoms with Gasteiger partial charge in [0.05, 0.1) is 5.60 Å². The van der Waals surface area contributed by atoms with Gasteiger partial charge >= 0.3 is 0 Å². The van der Waals surface area contributed by atoms with Crippen molar-refractivity contribution in [1.82, 2.24) is 0 Å². The van der Waals surface area contributed by atoms with Gasteiger partial charge in [-0.15, -0.1) is 0 Å². The number of rotatable bonds is 5. The van der Waals surface area contributed by atoms with Crippen LogP contribution < -0.4 is 5.73 Å². The van der Waals surface area contributed by atoms with Gasteiger partial charge in [-0.1, -0.05) is 43.2 Å². The number of hydrogen-bond donors (Lipinski definition) is 1. The first-order valence-corrected chi connectivity index (χ1v) is 6.61. The zero-order valence-electron chi connectivity index (χ0n) is 10.7. The van der Waals surface area contributed by atoms with Crippen molar-refractivity contribution < 1.29 is 4.74 Å². The van der Waals surface area contributed by atoms with Gasteiger partial charge in [0.1, 0.15) is 0 Å². The van der Waals surface area contributed by atoms with Crippen LogP contribution in [-0.2, 0) is 11.2 Å². The Labute approximate surface area is 104 Å². The Morgan fingerprint density at radius 1 is 1.24 bits per heavy atom. The van der Waals surface area contributed by atoms with E-state index in [1.54, 1.807) is 0 Å². The third-order valence-electron chi connectivity index (χ3n) is 4.12. The van der Waals surface area contributed by atoms with E-state index >= 15 is 0 Å². The molecule has 0 heterocycles. The number of nitrogens with two attached hydrogens (primary N) is 1. The number of benzene rings is 1. The molecule has 1 aromatic carbocycles. The van der Waals surface area contributed by atoms with Gasteiger partial charge in [-0.3, -0.25) is 0 Å². The van der Waals surface area contributed by atoms with Crippen molar-refractivity contribution in [3.05, 3.63) is 35.9 Å².